The molecule has 1 aromatic rings. The van der Waals surface area contributed by atoms with Crippen LogP contribution in [-0.4, -0.2) is 43.7 Å². The largest absolute Gasteiger partial charge is 0.401 e. The number of amides is 1. The highest BCUT2D eigenvalue weighted by Crippen LogP contribution is 2.15. The normalized spacial score (nSPS) is 11.7. The number of carbonyl (C=O) groups is 1. The molecular weight excluding hydrogens is 269 g/mol. The number of alkyl halides is 3. The summed E-state index contributed by atoms with van der Waals surface area (Å²) in [7, 11) is 1.41. The van der Waals surface area contributed by atoms with Crippen LogP contribution in [0.15, 0.2) is 24.3 Å². The minimum Gasteiger partial charge on any atom is -0.352 e. The standard InChI is InChI=1S/C14H19F3N2O/c1-11-6-3-4-7-12(11)13(20)18-8-5-9-19(2)10-14(15,16)17/h3-4,6-7H,5,8-10H2,1-2H3,(H,18,20). The van der Waals surface area contributed by atoms with E-state index in [0.717, 1.165) is 5.56 Å². The maximum atomic E-state index is 12.1. The van der Waals surface area contributed by atoms with Gasteiger partial charge in [0, 0.05) is 12.1 Å². The fraction of sp³-hybridized carbons (Fsp3) is 0.500. The van der Waals surface area contributed by atoms with Gasteiger partial charge in [0.05, 0.1) is 6.54 Å². The Morgan fingerprint density at radius 1 is 1.30 bits per heavy atom. The predicted octanol–water partition coefficient (Wildman–Crippen LogP) is 2.61. The van der Waals surface area contributed by atoms with E-state index < -0.39 is 12.7 Å². The SMILES string of the molecule is Cc1ccccc1C(=O)NCCCN(C)CC(F)(F)F. The summed E-state index contributed by atoms with van der Waals surface area (Å²) in [6, 6.07) is 7.18. The van der Waals surface area contributed by atoms with E-state index in [4.69, 9.17) is 0 Å². The van der Waals surface area contributed by atoms with Gasteiger partial charge in [-0.1, -0.05) is 18.2 Å². The first-order valence-corrected chi connectivity index (χ1v) is 6.39. The third kappa shape index (κ3) is 6.06. The van der Waals surface area contributed by atoms with Crippen LogP contribution >= 0.6 is 0 Å². The number of hydrogen-bond donors (Lipinski definition) is 1. The van der Waals surface area contributed by atoms with E-state index in [-0.39, 0.29) is 12.5 Å². The third-order valence-corrected chi connectivity index (χ3v) is 2.84. The Morgan fingerprint density at radius 2 is 1.95 bits per heavy atom. The van der Waals surface area contributed by atoms with Crippen LogP contribution in [0.25, 0.3) is 0 Å². The van der Waals surface area contributed by atoms with Gasteiger partial charge in [0.1, 0.15) is 0 Å². The van der Waals surface area contributed by atoms with Crippen molar-refractivity contribution in [1.82, 2.24) is 10.2 Å². The van der Waals surface area contributed by atoms with E-state index in [1.54, 1.807) is 12.1 Å². The summed E-state index contributed by atoms with van der Waals surface area (Å²) in [6.07, 6.45) is -3.71. The van der Waals surface area contributed by atoms with Gasteiger partial charge in [-0.2, -0.15) is 13.2 Å². The molecule has 20 heavy (non-hydrogen) atoms. The number of aryl methyl sites for hydroxylation is 1. The summed E-state index contributed by atoms with van der Waals surface area (Å²) in [4.78, 5) is 13.0. The van der Waals surface area contributed by atoms with Gasteiger partial charge in [0.15, 0.2) is 0 Å². The van der Waals surface area contributed by atoms with Gasteiger partial charge in [-0.15, -0.1) is 0 Å². The molecule has 1 rings (SSSR count). The molecule has 0 saturated carbocycles. The fourth-order valence-corrected chi connectivity index (χ4v) is 1.86. The number of benzene rings is 1. The molecule has 0 spiro atoms. The summed E-state index contributed by atoms with van der Waals surface area (Å²) in [6.45, 7) is 1.55. The lowest BCUT2D eigenvalue weighted by molar-refractivity contribution is -0.143. The van der Waals surface area contributed by atoms with Crippen molar-refractivity contribution in [2.24, 2.45) is 0 Å². The molecule has 0 fully saturated rings. The molecule has 0 unspecified atom stereocenters. The minimum atomic E-state index is -4.18. The van der Waals surface area contributed by atoms with Crippen LogP contribution in [0.2, 0.25) is 0 Å². The average molecular weight is 288 g/mol. The van der Waals surface area contributed by atoms with Crippen molar-refractivity contribution < 1.29 is 18.0 Å². The molecule has 0 saturated heterocycles. The zero-order valence-electron chi connectivity index (χ0n) is 11.6. The Bertz CT molecular complexity index is 446. The summed E-state index contributed by atoms with van der Waals surface area (Å²) in [5.41, 5.74) is 1.47. The summed E-state index contributed by atoms with van der Waals surface area (Å²) in [5, 5.41) is 2.71. The van der Waals surface area contributed by atoms with E-state index in [1.807, 2.05) is 19.1 Å². The van der Waals surface area contributed by atoms with Crippen molar-refractivity contribution in [3.8, 4) is 0 Å². The molecule has 1 aromatic carbocycles. The second-order valence-electron chi connectivity index (χ2n) is 4.78. The molecule has 0 heterocycles. The second-order valence-corrected chi connectivity index (χ2v) is 4.78. The zero-order chi connectivity index (χ0) is 15.2. The van der Waals surface area contributed by atoms with Gasteiger partial charge in [-0.3, -0.25) is 9.69 Å². The topological polar surface area (TPSA) is 32.3 Å². The van der Waals surface area contributed by atoms with E-state index in [2.05, 4.69) is 5.32 Å². The lowest BCUT2D eigenvalue weighted by Crippen LogP contribution is -2.33. The van der Waals surface area contributed by atoms with Crippen molar-refractivity contribution in [2.75, 3.05) is 26.7 Å². The average Bonchev–Trinajstić information content (AvgIpc) is 2.33. The molecule has 112 valence electrons. The quantitative estimate of drug-likeness (QED) is 0.816. The van der Waals surface area contributed by atoms with Gasteiger partial charge in [-0.25, -0.2) is 0 Å². The van der Waals surface area contributed by atoms with Crippen LogP contribution in [0.5, 0.6) is 0 Å². The molecule has 0 aliphatic heterocycles. The molecule has 0 atom stereocenters. The number of nitrogens with zero attached hydrogens (tertiary/aromatic N) is 1. The molecule has 0 aliphatic carbocycles. The number of hydrogen-bond acceptors (Lipinski definition) is 2. The molecule has 6 heteroatoms. The van der Waals surface area contributed by atoms with E-state index >= 15 is 0 Å². The Labute approximate surface area is 116 Å². The first-order valence-electron chi connectivity index (χ1n) is 6.39. The van der Waals surface area contributed by atoms with Crippen LogP contribution in [0.4, 0.5) is 13.2 Å². The molecular formula is C14H19F3N2O. The van der Waals surface area contributed by atoms with Gasteiger partial charge in [0.25, 0.3) is 5.91 Å². The van der Waals surface area contributed by atoms with Gasteiger partial charge >= 0.3 is 6.18 Å². The van der Waals surface area contributed by atoms with Crippen LogP contribution in [0, 0.1) is 6.92 Å². The van der Waals surface area contributed by atoms with Crippen LogP contribution in [-0.2, 0) is 0 Å². The van der Waals surface area contributed by atoms with Crippen molar-refractivity contribution in [3.05, 3.63) is 35.4 Å². The van der Waals surface area contributed by atoms with Crippen molar-refractivity contribution in [1.29, 1.82) is 0 Å². The Hall–Kier alpha value is -1.56. The first-order chi connectivity index (χ1) is 9.29. The summed E-state index contributed by atoms with van der Waals surface area (Å²) >= 11 is 0. The third-order valence-electron chi connectivity index (χ3n) is 2.84. The predicted molar refractivity (Wildman–Crippen MR) is 71.7 cm³/mol. The Balaban J connectivity index is 2.28. The number of nitrogens with one attached hydrogen (secondary N) is 1. The Morgan fingerprint density at radius 3 is 2.55 bits per heavy atom. The first kappa shape index (κ1) is 16.5. The van der Waals surface area contributed by atoms with Gasteiger partial charge in [0.2, 0.25) is 0 Å². The van der Waals surface area contributed by atoms with Crippen molar-refractivity contribution >= 4 is 5.91 Å². The van der Waals surface area contributed by atoms with Crippen LogP contribution in [0.3, 0.4) is 0 Å². The summed E-state index contributed by atoms with van der Waals surface area (Å²) in [5.74, 6) is -0.193. The van der Waals surface area contributed by atoms with Crippen LogP contribution in [0.1, 0.15) is 22.3 Å². The highest BCUT2D eigenvalue weighted by Gasteiger charge is 2.28. The maximum Gasteiger partial charge on any atom is 0.401 e. The minimum absolute atomic E-state index is 0.193. The fourth-order valence-electron chi connectivity index (χ4n) is 1.86. The monoisotopic (exact) mass is 288 g/mol. The molecule has 1 N–H and O–H groups in total. The number of carbonyl (C=O) groups excluding carboxylic acids is 1. The smallest absolute Gasteiger partial charge is 0.352 e. The Kier molecular flexibility index (Phi) is 6.01. The number of halogens is 3. The molecule has 0 bridgehead atoms. The lowest BCUT2D eigenvalue weighted by Gasteiger charge is -2.18. The highest BCUT2D eigenvalue weighted by atomic mass is 19.4. The zero-order valence-corrected chi connectivity index (χ0v) is 11.6. The molecule has 0 aliphatic rings. The molecule has 0 radical (unpaired) electrons. The lowest BCUT2D eigenvalue weighted by atomic mass is 10.1. The van der Waals surface area contributed by atoms with E-state index in [9.17, 15) is 18.0 Å². The van der Waals surface area contributed by atoms with Crippen molar-refractivity contribution in [3.63, 3.8) is 0 Å². The maximum absolute atomic E-state index is 12.1. The van der Waals surface area contributed by atoms with E-state index in [1.165, 1.54) is 11.9 Å². The van der Waals surface area contributed by atoms with E-state index in [0.29, 0.717) is 18.5 Å². The molecule has 0 aromatic heterocycles. The number of rotatable bonds is 6. The second kappa shape index (κ2) is 7.28. The van der Waals surface area contributed by atoms with Crippen LogP contribution < -0.4 is 5.32 Å². The van der Waals surface area contributed by atoms with Gasteiger partial charge < -0.3 is 5.32 Å². The molecule has 1 amide bonds. The van der Waals surface area contributed by atoms with Crippen molar-refractivity contribution in [2.45, 2.75) is 19.5 Å². The van der Waals surface area contributed by atoms with Gasteiger partial charge in [-0.05, 0) is 38.6 Å². The summed E-state index contributed by atoms with van der Waals surface area (Å²) < 4.78 is 36.3. The molecule has 3 nitrogen and oxygen atoms in total. The highest BCUT2D eigenvalue weighted by molar-refractivity contribution is 5.95.